The first-order chi connectivity index (χ1) is 14.7. The zero-order valence-corrected chi connectivity index (χ0v) is 19.0. The molecule has 1 aliphatic carbocycles. The molecule has 0 saturated heterocycles. The molecule has 0 heterocycles. The number of ether oxygens (including phenoxy) is 1. The third-order valence-corrected chi connectivity index (χ3v) is 7.72. The minimum Gasteiger partial charge on any atom is -0.467 e. The quantitative estimate of drug-likeness (QED) is 0.629. The molecule has 3 rings (SSSR count). The molecule has 7 nitrogen and oxygen atoms in total. The minimum absolute atomic E-state index is 0.0120. The van der Waals surface area contributed by atoms with E-state index in [1.165, 1.54) is 29.6 Å². The summed E-state index contributed by atoms with van der Waals surface area (Å²) in [5.74, 6) is -1.13. The van der Waals surface area contributed by atoms with Crippen LogP contribution in [0, 0.1) is 0 Å². The Kier molecular flexibility index (Phi) is 6.91. The fourth-order valence-corrected chi connectivity index (χ4v) is 5.59. The summed E-state index contributed by atoms with van der Waals surface area (Å²) in [5.41, 5.74) is -0.618. The lowest BCUT2D eigenvalue weighted by Crippen LogP contribution is -2.53. The van der Waals surface area contributed by atoms with Crippen LogP contribution < -0.4 is 9.62 Å². The van der Waals surface area contributed by atoms with E-state index in [2.05, 4.69) is 5.32 Å². The first-order valence-corrected chi connectivity index (χ1v) is 11.9. The highest BCUT2D eigenvalue weighted by Gasteiger charge is 2.44. The highest BCUT2D eigenvalue weighted by molar-refractivity contribution is 7.92. The van der Waals surface area contributed by atoms with E-state index < -0.39 is 27.4 Å². The third-order valence-electron chi connectivity index (χ3n) is 5.49. The molecule has 0 radical (unpaired) electrons. The van der Waals surface area contributed by atoms with Crippen LogP contribution in [0.5, 0.6) is 0 Å². The van der Waals surface area contributed by atoms with E-state index in [0.717, 1.165) is 12.8 Å². The van der Waals surface area contributed by atoms with Gasteiger partial charge in [0, 0.05) is 6.54 Å². The lowest BCUT2D eigenvalue weighted by Gasteiger charge is -2.27. The number of halogens is 1. The summed E-state index contributed by atoms with van der Waals surface area (Å²) in [4.78, 5) is 25.3. The maximum atomic E-state index is 13.3. The molecule has 0 atom stereocenters. The Labute approximate surface area is 187 Å². The summed E-state index contributed by atoms with van der Waals surface area (Å²) >= 11 is 6.23. The molecule has 0 bridgehead atoms. The van der Waals surface area contributed by atoms with Crippen LogP contribution in [0.4, 0.5) is 5.69 Å². The molecule has 1 saturated carbocycles. The molecule has 2 aromatic carbocycles. The van der Waals surface area contributed by atoms with Gasteiger partial charge in [0.1, 0.15) is 5.54 Å². The molecule has 0 spiro atoms. The number of methoxy groups -OCH3 is 1. The summed E-state index contributed by atoms with van der Waals surface area (Å²) in [6.07, 6.45) is 2.47. The van der Waals surface area contributed by atoms with Crippen molar-refractivity contribution < 1.29 is 22.7 Å². The van der Waals surface area contributed by atoms with E-state index in [-0.39, 0.29) is 22.0 Å². The Hall–Kier alpha value is -2.58. The molecule has 0 unspecified atom stereocenters. The number of sulfonamides is 1. The van der Waals surface area contributed by atoms with E-state index in [1.54, 1.807) is 37.3 Å². The van der Waals surface area contributed by atoms with Gasteiger partial charge < -0.3 is 10.1 Å². The Bertz CT molecular complexity index is 1070. The smallest absolute Gasteiger partial charge is 0.331 e. The number of nitrogens with one attached hydrogen (secondary N) is 1. The lowest BCUT2D eigenvalue weighted by molar-refractivity contribution is -0.148. The number of carbonyl (C=O) groups is 2. The van der Waals surface area contributed by atoms with Gasteiger partial charge >= 0.3 is 5.97 Å². The number of carbonyl (C=O) groups excluding carboxylic acids is 2. The maximum absolute atomic E-state index is 13.3. The summed E-state index contributed by atoms with van der Waals surface area (Å²) in [7, 11) is -2.66. The number of hydrogen-bond acceptors (Lipinski definition) is 5. The largest absolute Gasteiger partial charge is 0.467 e. The number of nitrogens with zero attached hydrogens (tertiary/aromatic N) is 1. The molecule has 1 fully saturated rings. The molecule has 1 amide bonds. The van der Waals surface area contributed by atoms with Crippen LogP contribution in [0.15, 0.2) is 53.4 Å². The second-order valence-corrected chi connectivity index (χ2v) is 9.65. The summed E-state index contributed by atoms with van der Waals surface area (Å²) in [6, 6.07) is 12.7. The van der Waals surface area contributed by atoms with Crippen LogP contribution in [0.2, 0.25) is 5.02 Å². The first kappa shape index (κ1) is 23.1. The average molecular weight is 465 g/mol. The summed E-state index contributed by atoms with van der Waals surface area (Å²) in [5, 5.41) is 2.84. The highest BCUT2D eigenvalue weighted by atomic mass is 35.5. The Morgan fingerprint density at radius 1 is 1.13 bits per heavy atom. The van der Waals surface area contributed by atoms with Gasteiger partial charge in [-0.1, -0.05) is 42.6 Å². The van der Waals surface area contributed by atoms with Gasteiger partial charge in [0.15, 0.2) is 0 Å². The number of esters is 1. The monoisotopic (exact) mass is 464 g/mol. The molecule has 9 heteroatoms. The topological polar surface area (TPSA) is 92.8 Å². The fourth-order valence-electron chi connectivity index (χ4n) is 3.89. The zero-order chi connectivity index (χ0) is 22.6. The van der Waals surface area contributed by atoms with Crippen LogP contribution in [-0.2, 0) is 19.6 Å². The van der Waals surface area contributed by atoms with Crippen LogP contribution in [0.3, 0.4) is 0 Å². The van der Waals surface area contributed by atoms with Gasteiger partial charge in [-0.15, -0.1) is 0 Å². The molecule has 31 heavy (non-hydrogen) atoms. The number of rotatable bonds is 7. The van der Waals surface area contributed by atoms with Crippen molar-refractivity contribution in [2.24, 2.45) is 0 Å². The number of anilines is 1. The second kappa shape index (κ2) is 9.28. The van der Waals surface area contributed by atoms with Gasteiger partial charge in [-0.2, -0.15) is 0 Å². The molecule has 0 aliphatic heterocycles. The normalized spacial score (nSPS) is 15.3. The molecular weight excluding hydrogens is 440 g/mol. The van der Waals surface area contributed by atoms with E-state index >= 15 is 0 Å². The van der Waals surface area contributed by atoms with Gasteiger partial charge in [0.25, 0.3) is 15.9 Å². The van der Waals surface area contributed by atoms with Crippen molar-refractivity contribution in [3.63, 3.8) is 0 Å². The van der Waals surface area contributed by atoms with Crippen molar-refractivity contribution in [3.05, 3.63) is 59.1 Å². The first-order valence-electron chi connectivity index (χ1n) is 10.0. The van der Waals surface area contributed by atoms with Gasteiger partial charge in [-0.3, -0.25) is 9.10 Å². The fraction of sp³-hybridized carbons (Fsp3) is 0.364. The minimum atomic E-state index is -3.94. The van der Waals surface area contributed by atoms with E-state index in [1.807, 2.05) is 0 Å². The van der Waals surface area contributed by atoms with Crippen molar-refractivity contribution in [1.29, 1.82) is 0 Å². The van der Waals surface area contributed by atoms with Gasteiger partial charge in [0.05, 0.1) is 28.3 Å². The standard InChI is InChI=1S/C22H25ClN2O5S/c1-3-25(16-9-5-4-6-10-16)31(28,29)17-11-12-19(23)18(15-17)20(26)24-22(21(27)30-2)13-7-8-14-22/h4-6,9-12,15H,3,7-8,13-14H2,1-2H3,(H,24,26). The Balaban J connectivity index is 1.96. The predicted molar refractivity (Wildman–Crippen MR) is 119 cm³/mol. The number of amides is 1. The molecule has 1 aliphatic rings. The van der Waals surface area contributed by atoms with Gasteiger partial charge in [-0.05, 0) is 50.1 Å². The van der Waals surface area contributed by atoms with Crippen molar-refractivity contribution in [2.75, 3.05) is 18.0 Å². The molecule has 166 valence electrons. The summed E-state index contributed by atoms with van der Waals surface area (Å²) < 4.78 is 32.7. The Morgan fingerprint density at radius 3 is 2.35 bits per heavy atom. The molecule has 0 aromatic heterocycles. The van der Waals surface area contributed by atoms with Crippen LogP contribution >= 0.6 is 11.6 Å². The maximum Gasteiger partial charge on any atom is 0.331 e. The predicted octanol–water partition coefficient (Wildman–Crippen LogP) is 3.77. The number of para-hydroxylation sites is 1. The third kappa shape index (κ3) is 4.55. The summed E-state index contributed by atoms with van der Waals surface area (Å²) in [6.45, 7) is 1.94. The SMILES string of the molecule is CCN(c1ccccc1)S(=O)(=O)c1ccc(Cl)c(C(=O)NC2(C(=O)OC)CCCC2)c1. The second-order valence-electron chi connectivity index (χ2n) is 7.38. The van der Waals surface area contributed by atoms with Crippen molar-refractivity contribution in [1.82, 2.24) is 5.32 Å². The average Bonchev–Trinajstić information content (AvgIpc) is 3.24. The number of hydrogen-bond donors (Lipinski definition) is 1. The Morgan fingerprint density at radius 2 is 1.77 bits per heavy atom. The molecule has 1 N–H and O–H groups in total. The van der Waals surface area contributed by atoms with E-state index in [0.29, 0.717) is 18.5 Å². The van der Waals surface area contributed by atoms with E-state index in [9.17, 15) is 18.0 Å². The van der Waals surface area contributed by atoms with Crippen molar-refractivity contribution in [3.8, 4) is 0 Å². The van der Waals surface area contributed by atoms with Crippen LogP contribution in [0.1, 0.15) is 43.0 Å². The van der Waals surface area contributed by atoms with Gasteiger partial charge in [0.2, 0.25) is 0 Å². The molecular formula is C22H25ClN2O5S. The lowest BCUT2D eigenvalue weighted by atomic mass is 9.97. The van der Waals surface area contributed by atoms with Crippen LogP contribution in [-0.4, -0.2) is 39.5 Å². The number of benzene rings is 2. The van der Waals surface area contributed by atoms with Crippen LogP contribution in [0.25, 0.3) is 0 Å². The highest BCUT2D eigenvalue weighted by Crippen LogP contribution is 2.32. The van der Waals surface area contributed by atoms with E-state index in [4.69, 9.17) is 16.3 Å². The van der Waals surface area contributed by atoms with Crippen molar-refractivity contribution in [2.45, 2.75) is 43.0 Å². The zero-order valence-electron chi connectivity index (χ0n) is 17.4. The van der Waals surface area contributed by atoms with Gasteiger partial charge in [-0.25, -0.2) is 13.2 Å². The van der Waals surface area contributed by atoms with Crippen molar-refractivity contribution >= 4 is 39.2 Å². The molecule has 2 aromatic rings.